The molecule has 0 saturated carbocycles. The number of aromatic nitrogens is 1. The molecule has 0 atom stereocenters. The fourth-order valence-corrected chi connectivity index (χ4v) is 3.50. The summed E-state index contributed by atoms with van der Waals surface area (Å²) < 4.78 is 6.64. The molecule has 0 aliphatic rings. The van der Waals surface area contributed by atoms with Crippen molar-refractivity contribution in [1.29, 1.82) is 5.26 Å². The van der Waals surface area contributed by atoms with Gasteiger partial charge in [0.25, 0.3) is 5.91 Å². The second kappa shape index (κ2) is 9.31. The molecular weight excluding hydrogens is 426 g/mol. The van der Waals surface area contributed by atoms with E-state index in [1.54, 1.807) is 24.4 Å². The predicted molar refractivity (Wildman–Crippen MR) is 110 cm³/mol. The number of benzene rings is 1. The van der Waals surface area contributed by atoms with Gasteiger partial charge in [-0.25, -0.2) is 4.98 Å². The normalized spacial score (nSPS) is 10.2. The molecule has 2 heterocycles. The molecule has 3 aromatic rings. The van der Waals surface area contributed by atoms with Gasteiger partial charge in [-0.15, -0.1) is 11.3 Å². The van der Waals surface area contributed by atoms with Crippen LogP contribution < -0.4 is 10.1 Å². The minimum atomic E-state index is -0.232. The predicted octanol–water partition coefficient (Wildman–Crippen LogP) is 5.51. The summed E-state index contributed by atoms with van der Waals surface area (Å²) in [6, 6.07) is 17.2. The lowest BCUT2D eigenvalue weighted by Gasteiger charge is -2.10. The number of ether oxygens (including phenoxy) is 1. The number of halogens is 1. The van der Waals surface area contributed by atoms with Crippen LogP contribution in [0.1, 0.15) is 22.5 Å². The van der Waals surface area contributed by atoms with Crippen LogP contribution >= 0.6 is 27.3 Å². The van der Waals surface area contributed by atoms with Crippen LogP contribution in [0, 0.1) is 11.3 Å². The van der Waals surface area contributed by atoms with E-state index in [0.717, 1.165) is 14.9 Å². The topological polar surface area (TPSA) is 75.0 Å². The Morgan fingerprint density at radius 1 is 1.22 bits per heavy atom. The first kappa shape index (κ1) is 19.1. The summed E-state index contributed by atoms with van der Waals surface area (Å²) in [5, 5.41) is 11.4. The van der Waals surface area contributed by atoms with Gasteiger partial charge in [-0.3, -0.25) is 4.79 Å². The number of nitrogens with one attached hydrogen (secondary N) is 1. The van der Waals surface area contributed by atoms with Gasteiger partial charge in [0, 0.05) is 22.0 Å². The number of carbonyl (C=O) groups excluding carboxylic acids is 1. The summed E-state index contributed by atoms with van der Waals surface area (Å²) in [7, 11) is 0. The average molecular weight is 442 g/mol. The number of pyridine rings is 1. The molecule has 2 aromatic heterocycles. The second-order valence-electron chi connectivity index (χ2n) is 5.59. The van der Waals surface area contributed by atoms with Crippen molar-refractivity contribution in [3.8, 4) is 22.3 Å². The van der Waals surface area contributed by atoms with Crippen molar-refractivity contribution >= 4 is 39.0 Å². The van der Waals surface area contributed by atoms with Gasteiger partial charge < -0.3 is 10.1 Å². The highest BCUT2D eigenvalue weighted by Gasteiger charge is 2.14. The van der Waals surface area contributed by atoms with Gasteiger partial charge >= 0.3 is 0 Å². The molecule has 5 nitrogen and oxygen atoms in total. The zero-order chi connectivity index (χ0) is 19.1. The maximum absolute atomic E-state index is 12.6. The molecule has 7 heteroatoms. The van der Waals surface area contributed by atoms with Gasteiger partial charge in [0.1, 0.15) is 0 Å². The van der Waals surface area contributed by atoms with Crippen molar-refractivity contribution in [1.82, 2.24) is 4.98 Å². The number of amides is 1. The third-order valence-corrected chi connectivity index (χ3v) is 5.31. The first-order chi connectivity index (χ1) is 13.2. The van der Waals surface area contributed by atoms with E-state index < -0.39 is 0 Å². The molecule has 0 bridgehead atoms. The molecule has 0 unspecified atom stereocenters. The highest BCUT2D eigenvalue weighted by Crippen LogP contribution is 2.30. The summed E-state index contributed by atoms with van der Waals surface area (Å²) >= 11 is 4.84. The Morgan fingerprint density at radius 3 is 2.81 bits per heavy atom. The summed E-state index contributed by atoms with van der Waals surface area (Å²) in [6.07, 6.45) is 2.65. The summed E-state index contributed by atoms with van der Waals surface area (Å²) in [5.41, 5.74) is 1.06. The Bertz CT molecular complexity index is 964. The maximum atomic E-state index is 12.6. The van der Waals surface area contributed by atoms with Gasteiger partial charge in [-0.2, -0.15) is 5.26 Å². The maximum Gasteiger partial charge on any atom is 0.267 e. The number of hydrogen-bond donors (Lipinski definition) is 1. The van der Waals surface area contributed by atoms with E-state index in [-0.39, 0.29) is 5.91 Å². The fraction of sp³-hybridized carbons (Fsp3) is 0.150. The Morgan fingerprint density at radius 2 is 2.04 bits per heavy atom. The van der Waals surface area contributed by atoms with E-state index >= 15 is 0 Å². The standard InChI is InChI=1S/C20H16BrN3O2S/c21-15-7-5-14(6-8-15)17-9-10-18(27-17)20(25)24-19-16(4-3-12-23-19)26-13-2-1-11-22/h3-10,12H,1-2,13H2,(H,23,24,25). The Hall–Kier alpha value is -2.69. The monoisotopic (exact) mass is 441 g/mol. The number of anilines is 1. The van der Waals surface area contributed by atoms with Crippen LogP contribution in [0.3, 0.4) is 0 Å². The Labute approximate surface area is 169 Å². The number of thiophene rings is 1. The van der Waals surface area contributed by atoms with Crippen molar-refractivity contribution < 1.29 is 9.53 Å². The SMILES string of the molecule is N#CCCCOc1cccnc1NC(=O)c1ccc(-c2ccc(Br)cc2)s1. The average Bonchev–Trinajstić information content (AvgIpc) is 3.17. The van der Waals surface area contributed by atoms with E-state index in [1.165, 1.54) is 11.3 Å². The van der Waals surface area contributed by atoms with Gasteiger partial charge in [0.15, 0.2) is 11.6 Å². The smallest absolute Gasteiger partial charge is 0.267 e. The van der Waals surface area contributed by atoms with Gasteiger partial charge in [-0.1, -0.05) is 28.1 Å². The minimum Gasteiger partial charge on any atom is -0.490 e. The molecule has 0 spiro atoms. The summed E-state index contributed by atoms with van der Waals surface area (Å²) in [4.78, 5) is 18.4. The second-order valence-corrected chi connectivity index (χ2v) is 7.58. The summed E-state index contributed by atoms with van der Waals surface area (Å²) in [5.74, 6) is 0.635. The van der Waals surface area contributed by atoms with E-state index in [0.29, 0.717) is 35.9 Å². The fourth-order valence-electron chi connectivity index (χ4n) is 2.33. The zero-order valence-electron chi connectivity index (χ0n) is 14.3. The third-order valence-electron chi connectivity index (χ3n) is 3.65. The highest BCUT2D eigenvalue weighted by molar-refractivity contribution is 9.10. The molecule has 0 aliphatic carbocycles. The number of carbonyl (C=O) groups is 1. The molecule has 0 radical (unpaired) electrons. The van der Waals surface area contributed by atoms with Gasteiger partial charge in [-0.05, 0) is 48.4 Å². The first-order valence-electron chi connectivity index (χ1n) is 8.29. The van der Waals surface area contributed by atoms with Gasteiger partial charge in [0.05, 0.1) is 17.6 Å². The van der Waals surface area contributed by atoms with Crippen LogP contribution in [0.5, 0.6) is 5.75 Å². The first-order valence-corrected chi connectivity index (χ1v) is 9.90. The van der Waals surface area contributed by atoms with Gasteiger partial charge in [0.2, 0.25) is 0 Å². The Balaban J connectivity index is 1.69. The van der Waals surface area contributed by atoms with Crippen molar-refractivity contribution in [2.75, 3.05) is 11.9 Å². The van der Waals surface area contributed by atoms with Crippen LogP contribution in [-0.2, 0) is 0 Å². The van der Waals surface area contributed by atoms with Crippen molar-refractivity contribution in [2.24, 2.45) is 0 Å². The van der Waals surface area contributed by atoms with E-state index in [2.05, 4.69) is 32.3 Å². The quantitative estimate of drug-likeness (QED) is 0.490. The lowest BCUT2D eigenvalue weighted by molar-refractivity contribution is 0.102. The molecule has 1 N–H and O–H groups in total. The lowest BCUT2D eigenvalue weighted by Crippen LogP contribution is -2.13. The van der Waals surface area contributed by atoms with Crippen LogP contribution in [0.15, 0.2) is 59.2 Å². The molecule has 0 aliphatic heterocycles. The molecule has 3 rings (SSSR count). The molecule has 136 valence electrons. The molecule has 1 amide bonds. The van der Waals surface area contributed by atoms with Crippen molar-refractivity contribution in [3.05, 3.63) is 64.1 Å². The van der Waals surface area contributed by atoms with Crippen LogP contribution in [-0.4, -0.2) is 17.5 Å². The van der Waals surface area contributed by atoms with Crippen LogP contribution in [0.2, 0.25) is 0 Å². The molecule has 0 saturated heterocycles. The summed E-state index contributed by atoms with van der Waals surface area (Å²) in [6.45, 7) is 0.398. The number of unbranched alkanes of at least 4 members (excludes halogenated alkanes) is 1. The van der Waals surface area contributed by atoms with E-state index in [1.807, 2.05) is 30.3 Å². The van der Waals surface area contributed by atoms with Crippen LogP contribution in [0.25, 0.3) is 10.4 Å². The lowest BCUT2D eigenvalue weighted by atomic mass is 10.2. The molecule has 27 heavy (non-hydrogen) atoms. The van der Waals surface area contributed by atoms with E-state index in [9.17, 15) is 4.79 Å². The number of nitrogens with zero attached hydrogens (tertiary/aromatic N) is 2. The number of nitriles is 1. The molecule has 1 aromatic carbocycles. The third kappa shape index (κ3) is 5.16. The number of rotatable bonds is 7. The highest BCUT2D eigenvalue weighted by atomic mass is 79.9. The Kier molecular flexibility index (Phi) is 6.58. The van der Waals surface area contributed by atoms with Crippen LogP contribution in [0.4, 0.5) is 5.82 Å². The number of hydrogen-bond acceptors (Lipinski definition) is 5. The van der Waals surface area contributed by atoms with Crippen molar-refractivity contribution in [3.63, 3.8) is 0 Å². The van der Waals surface area contributed by atoms with Crippen molar-refractivity contribution in [2.45, 2.75) is 12.8 Å². The van der Waals surface area contributed by atoms with E-state index in [4.69, 9.17) is 10.00 Å². The molecule has 0 fully saturated rings. The minimum absolute atomic E-state index is 0.232. The zero-order valence-corrected chi connectivity index (χ0v) is 16.7. The largest absolute Gasteiger partial charge is 0.490 e. The molecular formula is C20H16BrN3O2S.